The van der Waals surface area contributed by atoms with Crippen molar-refractivity contribution < 1.29 is 0 Å². The Kier molecular flexibility index (Phi) is 8.01. The Balaban J connectivity index is 0.998. The Morgan fingerprint density at radius 1 is 0.286 bits per heavy atom. The molecule has 0 atom stereocenters. The monoisotopic (exact) mass is 821 g/mol. The van der Waals surface area contributed by atoms with E-state index in [4.69, 9.17) is 15.0 Å². The van der Waals surface area contributed by atoms with Gasteiger partial charge >= 0.3 is 0 Å². The van der Waals surface area contributed by atoms with Crippen molar-refractivity contribution in [1.82, 2.24) is 24.1 Å². The highest BCUT2D eigenvalue weighted by Crippen LogP contribution is 2.47. The normalized spacial score (nSPS) is 11.8. The molecule has 13 rings (SSSR count). The summed E-state index contributed by atoms with van der Waals surface area (Å²) in [5.41, 5.74) is 12.1. The summed E-state index contributed by atoms with van der Waals surface area (Å²) in [7, 11) is 0. The van der Waals surface area contributed by atoms with E-state index in [1.807, 2.05) is 35.6 Å². The summed E-state index contributed by atoms with van der Waals surface area (Å²) in [6.45, 7) is 0. The zero-order valence-corrected chi connectivity index (χ0v) is 34.7. The maximum atomic E-state index is 5.13. The van der Waals surface area contributed by atoms with Crippen LogP contribution in [0, 0.1) is 0 Å². The van der Waals surface area contributed by atoms with Crippen LogP contribution in [0.3, 0.4) is 0 Å². The molecule has 0 unspecified atom stereocenters. The molecule has 6 heteroatoms. The number of rotatable bonds is 6. The van der Waals surface area contributed by atoms with E-state index >= 15 is 0 Å². The first-order chi connectivity index (χ1) is 31.2. The van der Waals surface area contributed by atoms with Gasteiger partial charge in [-0.1, -0.05) is 158 Å². The largest absolute Gasteiger partial charge is 0.308 e. The molecular formula is C57H35N5S. The van der Waals surface area contributed by atoms with Gasteiger partial charge < -0.3 is 9.13 Å². The summed E-state index contributed by atoms with van der Waals surface area (Å²) in [4.78, 5) is 15.2. The standard InChI is InChI=1S/C57H35N5S/c1-4-15-36(16-5-1)39-19-14-20-40(35-39)57-59-55(37-17-6-2-7-18-37)58-56(60-57)38-27-29-42(30-28-38)62-50-26-13-11-24-44(50)46-32-34-48-47-33-31-45-43-23-10-12-25-49(43)61(41-21-8-3-9-22-41)51(45)53(47)63-54(48)52(46)62/h1-35H. The summed E-state index contributed by atoms with van der Waals surface area (Å²) in [5, 5.41) is 7.52. The molecule has 0 aliphatic heterocycles. The van der Waals surface area contributed by atoms with Crippen LogP contribution in [0.15, 0.2) is 212 Å². The molecule has 4 heterocycles. The Morgan fingerprint density at radius 2 is 0.698 bits per heavy atom. The van der Waals surface area contributed by atoms with Crippen LogP contribution in [0.4, 0.5) is 0 Å². The lowest BCUT2D eigenvalue weighted by Crippen LogP contribution is -2.00. The molecule has 5 nitrogen and oxygen atoms in total. The number of thiophene rings is 1. The second kappa shape index (κ2) is 14.2. The van der Waals surface area contributed by atoms with Crippen LogP contribution in [0.5, 0.6) is 0 Å². The SMILES string of the molecule is c1ccc(-c2cccc(-c3nc(-c4ccccc4)nc(-c4ccc(-n5c6ccccc6c6ccc7c8ccc9c%10ccccc%10n(-c%10ccccc%10)c9c8sc7c65)cc4)n3)c2)cc1. The van der Waals surface area contributed by atoms with Gasteiger partial charge in [-0.15, -0.1) is 11.3 Å². The molecule has 4 aromatic heterocycles. The van der Waals surface area contributed by atoms with Gasteiger partial charge in [-0.3, -0.25) is 0 Å². The molecule has 0 saturated heterocycles. The summed E-state index contributed by atoms with van der Waals surface area (Å²) >= 11 is 1.90. The fraction of sp³-hybridized carbons (Fsp3) is 0. The van der Waals surface area contributed by atoms with Gasteiger partial charge in [0.15, 0.2) is 17.5 Å². The van der Waals surface area contributed by atoms with Gasteiger partial charge in [0, 0.05) is 60.4 Å². The highest BCUT2D eigenvalue weighted by atomic mass is 32.1. The fourth-order valence-corrected chi connectivity index (χ4v) is 10.9. The maximum absolute atomic E-state index is 5.13. The summed E-state index contributed by atoms with van der Waals surface area (Å²) in [6.07, 6.45) is 0. The zero-order valence-electron chi connectivity index (χ0n) is 33.9. The van der Waals surface area contributed by atoms with E-state index in [-0.39, 0.29) is 0 Å². The lowest BCUT2D eigenvalue weighted by atomic mass is 10.0. The number of fused-ring (bicyclic) bond motifs is 11. The molecule has 63 heavy (non-hydrogen) atoms. The minimum absolute atomic E-state index is 0.627. The van der Waals surface area contributed by atoms with E-state index in [0.29, 0.717) is 17.5 Å². The van der Waals surface area contributed by atoms with Crippen molar-refractivity contribution in [3.63, 3.8) is 0 Å². The number of aromatic nitrogens is 5. The lowest BCUT2D eigenvalue weighted by Gasteiger charge is -2.11. The zero-order chi connectivity index (χ0) is 41.4. The molecule has 0 amide bonds. The molecule has 294 valence electrons. The smallest absolute Gasteiger partial charge is 0.164 e. The average molecular weight is 822 g/mol. The number of nitrogens with zero attached hydrogens (tertiary/aromatic N) is 5. The van der Waals surface area contributed by atoms with Crippen molar-refractivity contribution in [1.29, 1.82) is 0 Å². The first-order valence-electron chi connectivity index (χ1n) is 21.2. The van der Waals surface area contributed by atoms with Crippen molar-refractivity contribution in [3.8, 4) is 56.7 Å². The second-order valence-electron chi connectivity index (χ2n) is 16.0. The molecule has 13 aromatic rings. The molecule has 0 aliphatic carbocycles. The van der Waals surface area contributed by atoms with E-state index < -0.39 is 0 Å². The molecule has 0 spiro atoms. The number of benzene rings is 9. The number of para-hydroxylation sites is 3. The first kappa shape index (κ1) is 35.6. The van der Waals surface area contributed by atoms with Crippen LogP contribution in [0.1, 0.15) is 0 Å². The van der Waals surface area contributed by atoms with Crippen LogP contribution >= 0.6 is 11.3 Å². The fourth-order valence-electron chi connectivity index (χ4n) is 9.48. The van der Waals surface area contributed by atoms with E-state index in [1.165, 1.54) is 63.8 Å². The van der Waals surface area contributed by atoms with Gasteiger partial charge in [0.2, 0.25) is 0 Å². The lowest BCUT2D eigenvalue weighted by molar-refractivity contribution is 1.07. The van der Waals surface area contributed by atoms with E-state index in [9.17, 15) is 0 Å². The van der Waals surface area contributed by atoms with Crippen LogP contribution in [-0.2, 0) is 0 Å². The van der Waals surface area contributed by atoms with Crippen LogP contribution in [-0.4, -0.2) is 24.1 Å². The van der Waals surface area contributed by atoms with Crippen molar-refractivity contribution in [3.05, 3.63) is 212 Å². The first-order valence-corrected chi connectivity index (χ1v) is 22.0. The van der Waals surface area contributed by atoms with Crippen LogP contribution < -0.4 is 0 Å². The van der Waals surface area contributed by atoms with Gasteiger partial charge in [0.1, 0.15) is 0 Å². The summed E-state index contributed by atoms with van der Waals surface area (Å²) in [5.74, 6) is 1.90. The highest BCUT2D eigenvalue weighted by molar-refractivity contribution is 7.27. The maximum Gasteiger partial charge on any atom is 0.164 e. The Hall–Kier alpha value is -8.19. The minimum Gasteiger partial charge on any atom is -0.308 e. The van der Waals surface area contributed by atoms with Gasteiger partial charge in [0.25, 0.3) is 0 Å². The third-order valence-corrected chi connectivity index (χ3v) is 13.6. The molecule has 0 N–H and O–H groups in total. The predicted molar refractivity (Wildman–Crippen MR) is 263 cm³/mol. The van der Waals surface area contributed by atoms with Crippen LogP contribution in [0.25, 0.3) is 120 Å². The summed E-state index contributed by atoms with van der Waals surface area (Å²) in [6, 6.07) is 75.3. The topological polar surface area (TPSA) is 48.5 Å². The van der Waals surface area contributed by atoms with Crippen molar-refractivity contribution in [2.45, 2.75) is 0 Å². The highest BCUT2D eigenvalue weighted by Gasteiger charge is 2.22. The van der Waals surface area contributed by atoms with Crippen LogP contribution in [0.2, 0.25) is 0 Å². The van der Waals surface area contributed by atoms with Gasteiger partial charge in [-0.25, -0.2) is 15.0 Å². The van der Waals surface area contributed by atoms with E-state index in [2.05, 4.69) is 197 Å². The number of hydrogen-bond donors (Lipinski definition) is 0. The second-order valence-corrected chi connectivity index (χ2v) is 17.0. The van der Waals surface area contributed by atoms with Gasteiger partial charge in [-0.2, -0.15) is 0 Å². The van der Waals surface area contributed by atoms with E-state index in [0.717, 1.165) is 39.2 Å². The van der Waals surface area contributed by atoms with E-state index in [1.54, 1.807) is 0 Å². The Bertz CT molecular complexity index is 3890. The third-order valence-electron chi connectivity index (χ3n) is 12.4. The van der Waals surface area contributed by atoms with Gasteiger partial charge in [-0.05, 0) is 65.7 Å². The van der Waals surface area contributed by atoms with Crippen molar-refractivity contribution in [2.24, 2.45) is 0 Å². The van der Waals surface area contributed by atoms with Gasteiger partial charge in [0.05, 0.1) is 31.5 Å². The molecule has 0 fully saturated rings. The molecule has 0 aliphatic rings. The Labute approximate surface area is 366 Å². The molecule has 0 saturated carbocycles. The van der Waals surface area contributed by atoms with Crippen molar-refractivity contribution >= 4 is 75.1 Å². The van der Waals surface area contributed by atoms with Crippen molar-refractivity contribution in [2.75, 3.05) is 0 Å². The summed E-state index contributed by atoms with van der Waals surface area (Å²) < 4.78 is 7.45. The minimum atomic E-state index is 0.627. The average Bonchev–Trinajstić information content (AvgIpc) is 4.03. The molecule has 0 radical (unpaired) electrons. The molecule has 0 bridgehead atoms. The predicted octanol–water partition coefficient (Wildman–Crippen LogP) is 15.1. The molecule has 9 aromatic carbocycles. The quantitative estimate of drug-likeness (QED) is 0.168. The molecular weight excluding hydrogens is 787 g/mol. The third kappa shape index (κ3) is 5.66. The number of hydrogen-bond acceptors (Lipinski definition) is 4. The Morgan fingerprint density at radius 3 is 1.27 bits per heavy atom.